The smallest absolute Gasteiger partial charge is 0.329 e. The number of carboxylic acid groups (broad SMARTS) is 1. The van der Waals surface area contributed by atoms with Gasteiger partial charge in [-0.3, -0.25) is 0 Å². The Morgan fingerprint density at radius 2 is 2.30 bits per heavy atom. The molecule has 1 aromatic carbocycles. The number of benzene rings is 1. The highest BCUT2D eigenvalue weighted by Gasteiger charge is 2.37. The maximum absolute atomic E-state index is 11.6. The largest absolute Gasteiger partial charge is 0.480 e. The Morgan fingerprint density at radius 1 is 1.50 bits per heavy atom. The molecule has 1 aromatic heterocycles. The summed E-state index contributed by atoms with van der Waals surface area (Å²) in [4.78, 5) is 15.7. The molecule has 20 heavy (non-hydrogen) atoms. The van der Waals surface area contributed by atoms with E-state index >= 15 is 0 Å². The molecule has 2 heterocycles. The number of fused-ring (bicyclic) bond motifs is 1. The number of aliphatic carboxylic acids is 1. The van der Waals surface area contributed by atoms with Gasteiger partial charge in [-0.05, 0) is 24.1 Å². The number of nitrogens with two attached hydrogens (primary N) is 1. The number of nitrogen functional groups attached to an aromatic ring is 1. The second-order valence-electron chi connectivity index (χ2n) is 4.81. The maximum atomic E-state index is 11.6. The van der Waals surface area contributed by atoms with Crippen LogP contribution in [0.2, 0.25) is 5.02 Å². The fourth-order valence-corrected chi connectivity index (χ4v) is 2.94. The molecule has 0 spiro atoms. The number of hydrogen-bond acceptors (Lipinski definition) is 4. The number of carboxylic acids is 1. The maximum Gasteiger partial charge on any atom is 0.329 e. The summed E-state index contributed by atoms with van der Waals surface area (Å²) in [5, 5.41) is 14.1. The molecule has 3 rings (SSSR count). The average molecular weight is 293 g/mol. The standard InChI is InChI=1S/C13H13ClN4O2/c14-8-3-1-2-7(6-8)9-4-5-10-16-13(15)17-18(10)11(9)12(19)20/h1-3,6,9,11H,4-5H2,(H2,15,17)(H,19,20). The number of carbonyl (C=O) groups is 1. The minimum atomic E-state index is -0.944. The van der Waals surface area contributed by atoms with Crippen molar-refractivity contribution in [2.75, 3.05) is 5.73 Å². The lowest BCUT2D eigenvalue weighted by Gasteiger charge is -2.29. The lowest BCUT2D eigenvalue weighted by atomic mass is 9.85. The van der Waals surface area contributed by atoms with Crippen LogP contribution in [0.5, 0.6) is 0 Å². The van der Waals surface area contributed by atoms with E-state index < -0.39 is 12.0 Å². The molecule has 2 atom stereocenters. The van der Waals surface area contributed by atoms with Crippen molar-refractivity contribution in [1.29, 1.82) is 0 Å². The lowest BCUT2D eigenvalue weighted by molar-refractivity contribution is -0.142. The summed E-state index contributed by atoms with van der Waals surface area (Å²) < 4.78 is 1.42. The summed E-state index contributed by atoms with van der Waals surface area (Å²) in [5.74, 6) is -0.410. The molecule has 1 aliphatic rings. The topological polar surface area (TPSA) is 94.0 Å². The fraction of sp³-hybridized carbons (Fsp3) is 0.308. The van der Waals surface area contributed by atoms with Crippen LogP contribution in [-0.2, 0) is 11.2 Å². The van der Waals surface area contributed by atoms with Gasteiger partial charge in [0.15, 0.2) is 6.04 Å². The van der Waals surface area contributed by atoms with Crippen LogP contribution < -0.4 is 5.73 Å². The number of aryl methyl sites for hydroxylation is 1. The molecule has 2 aromatic rings. The molecule has 6 nitrogen and oxygen atoms in total. The minimum absolute atomic E-state index is 0.109. The van der Waals surface area contributed by atoms with E-state index in [9.17, 15) is 9.90 Å². The van der Waals surface area contributed by atoms with Gasteiger partial charge in [0.2, 0.25) is 5.95 Å². The molecule has 0 saturated carbocycles. The summed E-state index contributed by atoms with van der Waals surface area (Å²) in [5.41, 5.74) is 6.47. The zero-order valence-corrected chi connectivity index (χ0v) is 11.3. The first-order chi connectivity index (χ1) is 9.56. The van der Waals surface area contributed by atoms with E-state index in [1.807, 2.05) is 12.1 Å². The van der Waals surface area contributed by atoms with Crippen LogP contribution in [0.1, 0.15) is 29.8 Å². The second-order valence-corrected chi connectivity index (χ2v) is 5.25. The molecular weight excluding hydrogens is 280 g/mol. The van der Waals surface area contributed by atoms with E-state index in [4.69, 9.17) is 17.3 Å². The van der Waals surface area contributed by atoms with Gasteiger partial charge in [-0.15, -0.1) is 5.10 Å². The van der Waals surface area contributed by atoms with Crippen LogP contribution in [-0.4, -0.2) is 25.8 Å². The number of anilines is 1. The van der Waals surface area contributed by atoms with Crippen LogP contribution in [0.15, 0.2) is 24.3 Å². The van der Waals surface area contributed by atoms with Crippen LogP contribution in [0.4, 0.5) is 5.95 Å². The van der Waals surface area contributed by atoms with E-state index in [0.29, 0.717) is 23.7 Å². The summed E-state index contributed by atoms with van der Waals surface area (Å²) >= 11 is 5.99. The van der Waals surface area contributed by atoms with E-state index in [1.54, 1.807) is 12.1 Å². The first kappa shape index (κ1) is 12.9. The predicted molar refractivity (Wildman–Crippen MR) is 73.6 cm³/mol. The molecule has 0 aliphatic carbocycles. The number of rotatable bonds is 2. The van der Waals surface area contributed by atoms with Gasteiger partial charge in [-0.25, -0.2) is 9.48 Å². The Morgan fingerprint density at radius 3 is 3.00 bits per heavy atom. The first-order valence-electron chi connectivity index (χ1n) is 6.25. The molecule has 0 radical (unpaired) electrons. The minimum Gasteiger partial charge on any atom is -0.480 e. The highest BCUT2D eigenvalue weighted by Crippen LogP contribution is 2.38. The van der Waals surface area contributed by atoms with Gasteiger partial charge < -0.3 is 10.8 Å². The van der Waals surface area contributed by atoms with E-state index in [0.717, 1.165) is 5.56 Å². The van der Waals surface area contributed by atoms with E-state index in [1.165, 1.54) is 4.68 Å². The van der Waals surface area contributed by atoms with Crippen molar-refractivity contribution < 1.29 is 9.90 Å². The fourth-order valence-electron chi connectivity index (χ4n) is 2.74. The SMILES string of the molecule is Nc1nc2n(n1)C(C(=O)O)C(c1cccc(Cl)c1)CC2. The van der Waals surface area contributed by atoms with Crippen molar-refractivity contribution in [1.82, 2.24) is 14.8 Å². The Labute approximate surface area is 120 Å². The first-order valence-corrected chi connectivity index (χ1v) is 6.63. The molecule has 1 aliphatic heterocycles. The van der Waals surface area contributed by atoms with Crippen molar-refractivity contribution in [3.63, 3.8) is 0 Å². The van der Waals surface area contributed by atoms with Crippen molar-refractivity contribution in [3.8, 4) is 0 Å². The van der Waals surface area contributed by atoms with Crippen molar-refractivity contribution in [2.24, 2.45) is 0 Å². The second kappa shape index (κ2) is 4.79. The number of nitrogens with zero attached hydrogens (tertiary/aromatic N) is 3. The quantitative estimate of drug-likeness (QED) is 0.881. The molecule has 3 N–H and O–H groups in total. The number of halogens is 1. The average Bonchev–Trinajstić information content (AvgIpc) is 2.77. The van der Waals surface area contributed by atoms with Gasteiger partial charge in [0.25, 0.3) is 0 Å². The van der Waals surface area contributed by atoms with Crippen molar-refractivity contribution in [2.45, 2.75) is 24.8 Å². The Balaban J connectivity index is 2.06. The summed E-state index contributed by atoms with van der Waals surface area (Å²) in [6.45, 7) is 0. The van der Waals surface area contributed by atoms with Gasteiger partial charge in [0.1, 0.15) is 5.82 Å². The molecule has 0 amide bonds. The predicted octanol–water partition coefficient (Wildman–Crippen LogP) is 1.87. The third-order valence-electron chi connectivity index (χ3n) is 3.57. The highest BCUT2D eigenvalue weighted by atomic mass is 35.5. The number of aromatic nitrogens is 3. The van der Waals surface area contributed by atoms with Gasteiger partial charge >= 0.3 is 5.97 Å². The van der Waals surface area contributed by atoms with Crippen LogP contribution in [0, 0.1) is 0 Å². The Bertz CT molecular complexity index is 670. The van der Waals surface area contributed by atoms with Gasteiger partial charge in [-0.1, -0.05) is 23.7 Å². The van der Waals surface area contributed by atoms with Crippen LogP contribution >= 0.6 is 11.6 Å². The molecular formula is C13H13ClN4O2. The summed E-state index contributed by atoms with van der Waals surface area (Å²) in [7, 11) is 0. The normalized spacial score (nSPS) is 21.4. The molecule has 0 saturated heterocycles. The zero-order chi connectivity index (χ0) is 14.3. The van der Waals surface area contributed by atoms with Crippen molar-refractivity contribution in [3.05, 3.63) is 40.7 Å². The lowest BCUT2D eigenvalue weighted by Crippen LogP contribution is -2.32. The van der Waals surface area contributed by atoms with Crippen LogP contribution in [0.3, 0.4) is 0 Å². The van der Waals surface area contributed by atoms with Gasteiger partial charge in [0.05, 0.1) is 0 Å². The molecule has 7 heteroatoms. The molecule has 104 valence electrons. The van der Waals surface area contributed by atoms with E-state index in [-0.39, 0.29) is 11.9 Å². The molecule has 2 unspecified atom stereocenters. The third kappa shape index (κ3) is 2.12. The van der Waals surface area contributed by atoms with Gasteiger partial charge in [0, 0.05) is 17.4 Å². The molecule has 0 fully saturated rings. The monoisotopic (exact) mass is 292 g/mol. The molecule has 0 bridgehead atoms. The van der Waals surface area contributed by atoms with Crippen molar-refractivity contribution >= 4 is 23.5 Å². The van der Waals surface area contributed by atoms with Crippen LogP contribution in [0.25, 0.3) is 0 Å². The Hall–Kier alpha value is -2.08. The Kier molecular flexibility index (Phi) is 3.10. The highest BCUT2D eigenvalue weighted by molar-refractivity contribution is 6.30. The third-order valence-corrected chi connectivity index (χ3v) is 3.81. The summed E-state index contributed by atoms with van der Waals surface area (Å²) in [6.07, 6.45) is 1.32. The zero-order valence-electron chi connectivity index (χ0n) is 10.5. The number of hydrogen-bond donors (Lipinski definition) is 2. The summed E-state index contributed by atoms with van der Waals surface area (Å²) in [6, 6.07) is 6.47. The van der Waals surface area contributed by atoms with Gasteiger partial charge in [-0.2, -0.15) is 4.98 Å². The van der Waals surface area contributed by atoms with E-state index in [2.05, 4.69) is 10.1 Å².